The molecule has 1 unspecified atom stereocenters. The molecule has 1 aromatic heterocycles. The number of rotatable bonds is 0. The third-order valence-corrected chi connectivity index (χ3v) is 3.05. The van der Waals surface area contributed by atoms with E-state index in [-0.39, 0.29) is 0 Å². The molecule has 2 nitrogen and oxygen atoms in total. The molecule has 0 fully saturated rings. The van der Waals surface area contributed by atoms with E-state index in [1.165, 1.54) is 0 Å². The Morgan fingerprint density at radius 1 is 1.47 bits per heavy atom. The Kier molecular flexibility index (Phi) is 2.44. The monoisotopic (exact) mass is 204 g/mol. The average Bonchev–Trinajstić information content (AvgIpc) is 2.17. The summed E-state index contributed by atoms with van der Waals surface area (Å²) in [6, 6.07) is 2.11. The molecular formula is C12H13FN2. The zero-order valence-corrected chi connectivity index (χ0v) is 8.97. The van der Waals surface area contributed by atoms with Gasteiger partial charge >= 0.3 is 0 Å². The first-order valence-corrected chi connectivity index (χ1v) is 5.19. The normalized spacial score (nSPS) is 19.5. The van der Waals surface area contributed by atoms with Crippen LogP contribution in [0.5, 0.6) is 0 Å². The van der Waals surface area contributed by atoms with Crippen molar-refractivity contribution in [3.05, 3.63) is 28.1 Å². The summed E-state index contributed by atoms with van der Waals surface area (Å²) in [5.41, 5.74) is 3.57. The maximum absolute atomic E-state index is 13.7. The molecule has 0 radical (unpaired) electrons. The quantitative estimate of drug-likeness (QED) is 0.651. The molecule has 1 aliphatic carbocycles. The van der Waals surface area contributed by atoms with Gasteiger partial charge in [0.05, 0.1) is 11.3 Å². The first kappa shape index (κ1) is 10.1. The van der Waals surface area contributed by atoms with Crippen LogP contribution in [0.3, 0.4) is 0 Å². The summed E-state index contributed by atoms with van der Waals surface area (Å²) in [6.07, 6.45) is 1.31. The average molecular weight is 204 g/mol. The minimum Gasteiger partial charge on any atom is -0.256 e. The number of aryl methyl sites for hydroxylation is 2. The number of aromatic nitrogens is 1. The second-order valence-electron chi connectivity index (χ2n) is 4.03. The molecular weight excluding hydrogens is 191 g/mol. The highest BCUT2D eigenvalue weighted by Crippen LogP contribution is 2.35. The molecule has 1 aliphatic rings. The standard InChI is InChI=1S/C12H13FN2/c1-7-9(6-14)8(2)15-11-5-3-4-10(13)12(7)11/h10H,3-5H2,1-2H3. The molecule has 0 aromatic carbocycles. The van der Waals surface area contributed by atoms with Gasteiger partial charge in [-0.05, 0) is 38.7 Å². The lowest BCUT2D eigenvalue weighted by atomic mass is 9.88. The van der Waals surface area contributed by atoms with Crippen molar-refractivity contribution in [2.75, 3.05) is 0 Å². The van der Waals surface area contributed by atoms with Crippen molar-refractivity contribution in [3.63, 3.8) is 0 Å². The Morgan fingerprint density at radius 2 is 2.20 bits per heavy atom. The molecule has 0 N–H and O–H groups in total. The van der Waals surface area contributed by atoms with Crippen LogP contribution in [0.4, 0.5) is 4.39 Å². The molecule has 0 bridgehead atoms. The maximum atomic E-state index is 13.7. The van der Waals surface area contributed by atoms with Crippen LogP contribution in [0.1, 0.15) is 47.1 Å². The van der Waals surface area contributed by atoms with Gasteiger partial charge in [0.1, 0.15) is 12.2 Å². The van der Waals surface area contributed by atoms with Crippen molar-refractivity contribution in [2.45, 2.75) is 39.3 Å². The summed E-state index contributed by atoms with van der Waals surface area (Å²) in [5, 5.41) is 8.97. The minimum absolute atomic E-state index is 0.540. The fourth-order valence-corrected chi connectivity index (χ4v) is 2.31. The number of hydrogen-bond acceptors (Lipinski definition) is 2. The van der Waals surface area contributed by atoms with Gasteiger partial charge < -0.3 is 0 Å². The molecule has 1 atom stereocenters. The smallest absolute Gasteiger partial charge is 0.127 e. The third-order valence-electron chi connectivity index (χ3n) is 3.05. The largest absolute Gasteiger partial charge is 0.256 e. The van der Waals surface area contributed by atoms with Crippen LogP contribution in [0.2, 0.25) is 0 Å². The Bertz CT molecular complexity index is 446. The van der Waals surface area contributed by atoms with Crippen molar-refractivity contribution >= 4 is 0 Å². The molecule has 2 rings (SSSR count). The number of hydrogen-bond donors (Lipinski definition) is 0. The van der Waals surface area contributed by atoms with Crippen LogP contribution >= 0.6 is 0 Å². The van der Waals surface area contributed by atoms with Gasteiger partial charge in [0.2, 0.25) is 0 Å². The van der Waals surface area contributed by atoms with Crippen molar-refractivity contribution < 1.29 is 4.39 Å². The number of nitriles is 1. The topological polar surface area (TPSA) is 36.7 Å². The lowest BCUT2D eigenvalue weighted by molar-refractivity contribution is 0.298. The van der Waals surface area contributed by atoms with Crippen LogP contribution in [0.25, 0.3) is 0 Å². The fourth-order valence-electron chi connectivity index (χ4n) is 2.31. The number of fused-ring (bicyclic) bond motifs is 1. The SMILES string of the molecule is Cc1nc2c(c(C)c1C#N)C(F)CCC2. The molecule has 3 heteroatoms. The summed E-state index contributed by atoms with van der Waals surface area (Å²) in [4.78, 5) is 4.33. The van der Waals surface area contributed by atoms with E-state index < -0.39 is 6.17 Å². The second-order valence-corrected chi connectivity index (χ2v) is 4.03. The molecule has 0 aliphatic heterocycles. The maximum Gasteiger partial charge on any atom is 0.127 e. The zero-order chi connectivity index (χ0) is 11.0. The van der Waals surface area contributed by atoms with Gasteiger partial charge in [-0.1, -0.05) is 0 Å². The van der Waals surface area contributed by atoms with E-state index in [2.05, 4.69) is 11.1 Å². The predicted octanol–water partition coefficient (Wildman–Crippen LogP) is 2.92. The molecule has 0 spiro atoms. The summed E-state index contributed by atoms with van der Waals surface area (Å²) in [6.45, 7) is 3.64. The number of nitrogens with zero attached hydrogens (tertiary/aromatic N) is 2. The van der Waals surface area contributed by atoms with Crippen LogP contribution in [-0.2, 0) is 6.42 Å². The molecule has 0 saturated heterocycles. The molecule has 78 valence electrons. The lowest BCUT2D eigenvalue weighted by Crippen LogP contribution is -2.13. The van der Waals surface area contributed by atoms with Gasteiger partial charge in [0.15, 0.2) is 0 Å². The Morgan fingerprint density at radius 3 is 2.87 bits per heavy atom. The van der Waals surface area contributed by atoms with Crippen LogP contribution in [0, 0.1) is 25.2 Å². The molecule has 0 amide bonds. The second kappa shape index (κ2) is 3.62. The summed E-state index contributed by atoms with van der Waals surface area (Å²) in [5.74, 6) is 0. The van der Waals surface area contributed by atoms with E-state index in [0.717, 1.165) is 29.8 Å². The van der Waals surface area contributed by atoms with E-state index in [0.29, 0.717) is 17.5 Å². The molecule has 15 heavy (non-hydrogen) atoms. The van der Waals surface area contributed by atoms with Gasteiger partial charge in [-0.2, -0.15) is 5.26 Å². The van der Waals surface area contributed by atoms with Gasteiger partial charge in [-0.25, -0.2) is 4.39 Å². The highest BCUT2D eigenvalue weighted by Gasteiger charge is 2.25. The summed E-state index contributed by atoms with van der Waals surface area (Å²) >= 11 is 0. The van der Waals surface area contributed by atoms with Gasteiger partial charge in [-0.3, -0.25) is 4.98 Å². The van der Waals surface area contributed by atoms with E-state index in [1.807, 2.05) is 13.8 Å². The van der Waals surface area contributed by atoms with Gasteiger partial charge in [0, 0.05) is 11.3 Å². The number of alkyl halides is 1. The first-order chi connectivity index (χ1) is 7.15. The summed E-state index contributed by atoms with van der Waals surface area (Å²) < 4.78 is 13.7. The minimum atomic E-state index is -0.936. The molecule has 0 saturated carbocycles. The van der Waals surface area contributed by atoms with Crippen LogP contribution < -0.4 is 0 Å². The van der Waals surface area contributed by atoms with Gasteiger partial charge in [-0.15, -0.1) is 0 Å². The first-order valence-electron chi connectivity index (χ1n) is 5.19. The van der Waals surface area contributed by atoms with Crippen molar-refractivity contribution in [1.82, 2.24) is 4.98 Å². The van der Waals surface area contributed by atoms with Crippen LogP contribution in [0.15, 0.2) is 0 Å². The van der Waals surface area contributed by atoms with Crippen molar-refractivity contribution in [2.24, 2.45) is 0 Å². The van der Waals surface area contributed by atoms with E-state index in [4.69, 9.17) is 5.26 Å². The molecule has 1 aromatic rings. The third kappa shape index (κ3) is 1.50. The van der Waals surface area contributed by atoms with Gasteiger partial charge in [0.25, 0.3) is 0 Å². The van der Waals surface area contributed by atoms with Crippen molar-refractivity contribution in [1.29, 1.82) is 5.26 Å². The number of pyridine rings is 1. The predicted molar refractivity (Wildman–Crippen MR) is 55.2 cm³/mol. The Balaban J connectivity index is 2.69. The van der Waals surface area contributed by atoms with Crippen LogP contribution in [-0.4, -0.2) is 4.98 Å². The molecule has 1 heterocycles. The lowest BCUT2D eigenvalue weighted by Gasteiger charge is -2.22. The highest BCUT2D eigenvalue weighted by atomic mass is 19.1. The number of halogens is 1. The Labute approximate surface area is 88.8 Å². The zero-order valence-electron chi connectivity index (χ0n) is 8.97. The van der Waals surface area contributed by atoms with E-state index in [1.54, 1.807) is 0 Å². The summed E-state index contributed by atoms with van der Waals surface area (Å²) in [7, 11) is 0. The Hall–Kier alpha value is -1.43. The fraction of sp³-hybridized carbons (Fsp3) is 0.500. The highest BCUT2D eigenvalue weighted by molar-refractivity contribution is 5.48. The van der Waals surface area contributed by atoms with E-state index >= 15 is 0 Å². The van der Waals surface area contributed by atoms with E-state index in [9.17, 15) is 4.39 Å². The van der Waals surface area contributed by atoms with Crippen molar-refractivity contribution in [3.8, 4) is 6.07 Å².